The number of esters is 1. The van der Waals surface area contributed by atoms with Gasteiger partial charge in [-0.3, -0.25) is 10.1 Å². The Labute approximate surface area is 109 Å². The van der Waals surface area contributed by atoms with Crippen LogP contribution in [0.15, 0.2) is 24.3 Å². The van der Waals surface area contributed by atoms with Crippen molar-refractivity contribution in [3.05, 3.63) is 29.8 Å². The van der Waals surface area contributed by atoms with E-state index in [0.29, 0.717) is 0 Å². The Morgan fingerprint density at radius 2 is 1.89 bits per heavy atom. The van der Waals surface area contributed by atoms with Crippen LogP contribution in [0.3, 0.4) is 0 Å². The lowest BCUT2D eigenvalue weighted by atomic mass is 10.2. The lowest BCUT2D eigenvalue weighted by Crippen LogP contribution is -2.43. The molecular weight excluding hydrogens is 252 g/mol. The molecule has 0 unspecified atom stereocenters. The summed E-state index contributed by atoms with van der Waals surface area (Å²) in [5, 5.41) is 13.6. The summed E-state index contributed by atoms with van der Waals surface area (Å²) in [6.45, 7) is 1.32. The quantitative estimate of drug-likeness (QED) is 0.686. The summed E-state index contributed by atoms with van der Waals surface area (Å²) < 4.78 is 4.83. The molecule has 0 spiro atoms. The van der Waals surface area contributed by atoms with E-state index in [-0.39, 0.29) is 11.3 Å². The number of carbonyl (C=O) groups excluding carboxylic acids is 3. The van der Waals surface area contributed by atoms with Crippen molar-refractivity contribution in [2.45, 2.75) is 13.0 Å². The molecule has 102 valence electrons. The number of aromatic hydroxyl groups is 1. The molecular formula is C12H14N2O5. The van der Waals surface area contributed by atoms with Crippen LogP contribution in [0.25, 0.3) is 0 Å². The van der Waals surface area contributed by atoms with Crippen LogP contribution >= 0.6 is 0 Å². The molecule has 0 bridgehead atoms. The van der Waals surface area contributed by atoms with Gasteiger partial charge in [0.15, 0.2) is 6.10 Å². The van der Waals surface area contributed by atoms with Crippen molar-refractivity contribution in [1.29, 1.82) is 0 Å². The predicted molar refractivity (Wildman–Crippen MR) is 65.6 cm³/mol. The second-order valence-electron chi connectivity index (χ2n) is 3.63. The van der Waals surface area contributed by atoms with Gasteiger partial charge in [-0.25, -0.2) is 9.59 Å². The first-order valence-electron chi connectivity index (χ1n) is 5.47. The third-order valence-electron chi connectivity index (χ3n) is 2.24. The number of nitrogens with one attached hydrogen (secondary N) is 2. The zero-order chi connectivity index (χ0) is 14.4. The maximum Gasteiger partial charge on any atom is 0.342 e. The zero-order valence-electron chi connectivity index (χ0n) is 10.5. The monoisotopic (exact) mass is 266 g/mol. The van der Waals surface area contributed by atoms with Gasteiger partial charge in [-0.1, -0.05) is 12.1 Å². The number of ether oxygens (including phenoxy) is 1. The number of phenols is 1. The van der Waals surface area contributed by atoms with Gasteiger partial charge in [-0.05, 0) is 19.1 Å². The van der Waals surface area contributed by atoms with Crippen molar-refractivity contribution in [3.8, 4) is 5.75 Å². The molecule has 0 aliphatic heterocycles. The summed E-state index contributed by atoms with van der Waals surface area (Å²) >= 11 is 0. The van der Waals surface area contributed by atoms with E-state index < -0.39 is 24.0 Å². The molecule has 0 aliphatic rings. The molecule has 0 saturated heterocycles. The van der Waals surface area contributed by atoms with E-state index in [1.165, 1.54) is 26.1 Å². The van der Waals surface area contributed by atoms with E-state index in [2.05, 4.69) is 5.32 Å². The molecule has 0 radical (unpaired) electrons. The maximum atomic E-state index is 11.7. The van der Waals surface area contributed by atoms with E-state index in [1.54, 1.807) is 12.1 Å². The Balaban J connectivity index is 2.64. The lowest BCUT2D eigenvalue weighted by Gasteiger charge is -2.13. The summed E-state index contributed by atoms with van der Waals surface area (Å²) in [6.07, 6.45) is -1.16. The number of imide groups is 1. The van der Waals surface area contributed by atoms with Crippen LogP contribution < -0.4 is 10.6 Å². The number of urea groups is 1. The minimum absolute atomic E-state index is 0.0536. The number of amides is 3. The summed E-state index contributed by atoms with van der Waals surface area (Å²) in [5.74, 6) is -1.85. The van der Waals surface area contributed by atoms with Crippen molar-refractivity contribution in [3.63, 3.8) is 0 Å². The normalized spacial score (nSPS) is 11.3. The number of phenolic OH excluding ortho intramolecular Hbond substituents is 1. The van der Waals surface area contributed by atoms with Crippen molar-refractivity contribution >= 4 is 17.9 Å². The van der Waals surface area contributed by atoms with Gasteiger partial charge in [0.25, 0.3) is 5.91 Å². The molecule has 1 atom stereocenters. The predicted octanol–water partition coefficient (Wildman–Crippen LogP) is 0.393. The summed E-state index contributed by atoms with van der Waals surface area (Å²) in [7, 11) is 1.35. The smallest absolute Gasteiger partial charge is 0.342 e. The standard InChI is InChI=1S/C12H14N2O5/c1-7(10(16)14-12(18)13-2)19-11(17)8-5-3-4-6-9(8)15/h3-7,15H,1-2H3,(H2,13,14,16,18)/t7-/m1/s1. The van der Waals surface area contributed by atoms with E-state index in [0.717, 1.165) is 0 Å². The molecule has 3 N–H and O–H groups in total. The van der Waals surface area contributed by atoms with Crippen molar-refractivity contribution in [2.24, 2.45) is 0 Å². The largest absolute Gasteiger partial charge is 0.507 e. The van der Waals surface area contributed by atoms with E-state index >= 15 is 0 Å². The summed E-state index contributed by atoms with van der Waals surface area (Å²) in [5.41, 5.74) is -0.0536. The highest BCUT2D eigenvalue weighted by molar-refractivity contribution is 5.99. The second-order valence-corrected chi connectivity index (χ2v) is 3.63. The van der Waals surface area contributed by atoms with Gasteiger partial charge in [0.2, 0.25) is 0 Å². The number of rotatable bonds is 3. The van der Waals surface area contributed by atoms with Crippen molar-refractivity contribution in [2.75, 3.05) is 7.05 Å². The Bertz CT molecular complexity index is 501. The fourth-order valence-electron chi connectivity index (χ4n) is 1.20. The molecule has 0 heterocycles. The average Bonchev–Trinajstić information content (AvgIpc) is 2.38. The average molecular weight is 266 g/mol. The number of hydrogen-bond donors (Lipinski definition) is 3. The number of hydrogen-bond acceptors (Lipinski definition) is 5. The van der Waals surface area contributed by atoms with Crippen LogP contribution in [0.1, 0.15) is 17.3 Å². The Kier molecular flexibility index (Phi) is 4.87. The first-order valence-corrected chi connectivity index (χ1v) is 5.47. The molecule has 7 heteroatoms. The van der Waals surface area contributed by atoms with E-state index in [1.807, 2.05) is 5.32 Å². The third-order valence-corrected chi connectivity index (χ3v) is 2.24. The van der Waals surface area contributed by atoms with Gasteiger partial charge in [0.1, 0.15) is 11.3 Å². The van der Waals surface area contributed by atoms with E-state index in [4.69, 9.17) is 4.74 Å². The van der Waals surface area contributed by atoms with Crippen LogP contribution in [0.2, 0.25) is 0 Å². The van der Waals surface area contributed by atoms with Crippen LogP contribution in [-0.2, 0) is 9.53 Å². The molecule has 1 aromatic carbocycles. The highest BCUT2D eigenvalue weighted by atomic mass is 16.5. The van der Waals surface area contributed by atoms with E-state index in [9.17, 15) is 19.5 Å². The third kappa shape index (κ3) is 3.98. The van der Waals surface area contributed by atoms with Gasteiger partial charge in [-0.15, -0.1) is 0 Å². The van der Waals surface area contributed by atoms with Crippen molar-refractivity contribution < 1.29 is 24.2 Å². The molecule has 1 aromatic rings. The molecule has 7 nitrogen and oxygen atoms in total. The van der Waals surface area contributed by atoms with Gasteiger partial charge in [-0.2, -0.15) is 0 Å². The van der Waals surface area contributed by atoms with Gasteiger partial charge in [0.05, 0.1) is 0 Å². The van der Waals surface area contributed by atoms with Crippen molar-refractivity contribution in [1.82, 2.24) is 10.6 Å². The Morgan fingerprint density at radius 1 is 1.26 bits per heavy atom. The topological polar surface area (TPSA) is 105 Å². The Morgan fingerprint density at radius 3 is 2.47 bits per heavy atom. The zero-order valence-corrected chi connectivity index (χ0v) is 10.5. The fraction of sp³-hybridized carbons (Fsp3) is 0.250. The summed E-state index contributed by atoms with van der Waals surface area (Å²) in [4.78, 5) is 34.0. The molecule has 0 aliphatic carbocycles. The highest BCUT2D eigenvalue weighted by Gasteiger charge is 2.21. The Hall–Kier alpha value is -2.57. The molecule has 1 rings (SSSR count). The van der Waals surface area contributed by atoms with Crippen LogP contribution in [-0.4, -0.2) is 36.2 Å². The second kappa shape index (κ2) is 6.39. The summed E-state index contributed by atoms with van der Waals surface area (Å²) in [6, 6.07) is 5.09. The molecule has 0 aromatic heterocycles. The van der Waals surface area contributed by atoms with Gasteiger partial charge >= 0.3 is 12.0 Å². The molecule has 0 saturated carbocycles. The number of benzene rings is 1. The molecule has 3 amide bonds. The van der Waals surface area contributed by atoms with Crippen LogP contribution in [0, 0.1) is 0 Å². The molecule has 19 heavy (non-hydrogen) atoms. The van der Waals surface area contributed by atoms with Gasteiger partial charge < -0.3 is 15.2 Å². The number of carbonyl (C=O) groups is 3. The minimum Gasteiger partial charge on any atom is -0.507 e. The number of para-hydroxylation sites is 1. The van der Waals surface area contributed by atoms with Gasteiger partial charge in [0, 0.05) is 7.05 Å². The SMILES string of the molecule is CNC(=O)NC(=O)[C@@H](C)OC(=O)c1ccccc1O. The van der Waals surface area contributed by atoms with Crippen LogP contribution in [0.4, 0.5) is 4.79 Å². The lowest BCUT2D eigenvalue weighted by molar-refractivity contribution is -0.127. The molecule has 0 fully saturated rings. The highest BCUT2D eigenvalue weighted by Crippen LogP contribution is 2.17. The maximum absolute atomic E-state index is 11.7. The first kappa shape index (κ1) is 14.5. The first-order chi connectivity index (χ1) is 8.95. The van der Waals surface area contributed by atoms with Crippen LogP contribution in [0.5, 0.6) is 5.75 Å². The fourth-order valence-corrected chi connectivity index (χ4v) is 1.20. The minimum atomic E-state index is -1.16.